The first-order chi connectivity index (χ1) is 13.5. The number of nitrogens with zero attached hydrogens (tertiary/aromatic N) is 2. The Bertz CT molecular complexity index is 947. The van der Waals surface area contributed by atoms with Crippen LogP contribution in [0.25, 0.3) is 22.2 Å². The molecule has 0 fully saturated rings. The third-order valence-electron chi connectivity index (χ3n) is 4.87. The number of rotatable bonds is 9. The van der Waals surface area contributed by atoms with Gasteiger partial charge in [0.25, 0.3) is 0 Å². The molecule has 2 aromatic carbocycles. The fourth-order valence-electron chi connectivity index (χ4n) is 3.13. The number of amides is 1. The molecule has 6 heteroatoms. The van der Waals surface area contributed by atoms with Gasteiger partial charge in [0.2, 0.25) is 5.91 Å². The van der Waals surface area contributed by atoms with Gasteiger partial charge in [-0.3, -0.25) is 10.1 Å². The zero-order valence-corrected chi connectivity index (χ0v) is 16.7. The van der Waals surface area contributed by atoms with Crippen LogP contribution in [0.4, 0.5) is 0 Å². The summed E-state index contributed by atoms with van der Waals surface area (Å²) in [5, 5.41) is 3.14. The SMILES string of the molecule is CCOCCn1c(CN[C@@H](C)C(N)=O)nc2ccc(-c3ccc(C)cc3)cc21. The Morgan fingerprint density at radius 2 is 1.93 bits per heavy atom. The third kappa shape index (κ3) is 4.58. The molecule has 0 bridgehead atoms. The van der Waals surface area contributed by atoms with Gasteiger partial charge in [0.15, 0.2) is 0 Å². The van der Waals surface area contributed by atoms with Gasteiger partial charge in [-0.05, 0) is 44.0 Å². The first-order valence-electron chi connectivity index (χ1n) is 9.66. The lowest BCUT2D eigenvalue weighted by Crippen LogP contribution is -2.38. The van der Waals surface area contributed by atoms with Crippen molar-refractivity contribution in [1.82, 2.24) is 14.9 Å². The summed E-state index contributed by atoms with van der Waals surface area (Å²) >= 11 is 0. The van der Waals surface area contributed by atoms with Crippen LogP contribution >= 0.6 is 0 Å². The summed E-state index contributed by atoms with van der Waals surface area (Å²) in [6, 6.07) is 14.4. The maximum absolute atomic E-state index is 11.3. The smallest absolute Gasteiger partial charge is 0.234 e. The van der Waals surface area contributed by atoms with Crippen molar-refractivity contribution < 1.29 is 9.53 Å². The molecule has 0 radical (unpaired) electrons. The molecule has 0 aliphatic carbocycles. The number of nitrogens with two attached hydrogens (primary N) is 1. The van der Waals surface area contributed by atoms with Crippen molar-refractivity contribution in [3.8, 4) is 11.1 Å². The minimum Gasteiger partial charge on any atom is -0.380 e. The topological polar surface area (TPSA) is 82.2 Å². The van der Waals surface area contributed by atoms with E-state index in [-0.39, 0.29) is 5.91 Å². The number of hydrogen-bond donors (Lipinski definition) is 2. The highest BCUT2D eigenvalue weighted by atomic mass is 16.5. The Hall–Kier alpha value is -2.70. The Morgan fingerprint density at radius 1 is 1.21 bits per heavy atom. The van der Waals surface area contributed by atoms with Gasteiger partial charge in [0.1, 0.15) is 5.82 Å². The molecule has 1 amide bonds. The quantitative estimate of drug-likeness (QED) is 0.559. The lowest BCUT2D eigenvalue weighted by molar-refractivity contribution is -0.119. The average molecular weight is 380 g/mol. The lowest BCUT2D eigenvalue weighted by Gasteiger charge is -2.13. The molecule has 1 heterocycles. The largest absolute Gasteiger partial charge is 0.380 e. The number of fused-ring (bicyclic) bond motifs is 1. The summed E-state index contributed by atoms with van der Waals surface area (Å²) in [5.74, 6) is 0.488. The van der Waals surface area contributed by atoms with Gasteiger partial charge in [-0.15, -0.1) is 0 Å². The number of carbonyl (C=O) groups excluding carboxylic acids is 1. The van der Waals surface area contributed by atoms with E-state index in [4.69, 9.17) is 15.5 Å². The second kappa shape index (κ2) is 8.99. The van der Waals surface area contributed by atoms with Crippen molar-refractivity contribution in [2.75, 3.05) is 13.2 Å². The predicted molar refractivity (Wildman–Crippen MR) is 112 cm³/mol. The van der Waals surface area contributed by atoms with Crippen LogP contribution in [-0.4, -0.2) is 34.7 Å². The van der Waals surface area contributed by atoms with E-state index in [0.717, 1.165) is 22.4 Å². The number of carbonyl (C=O) groups is 1. The van der Waals surface area contributed by atoms with Crippen molar-refractivity contribution >= 4 is 16.9 Å². The van der Waals surface area contributed by atoms with Crippen LogP contribution < -0.4 is 11.1 Å². The minimum atomic E-state index is -0.414. The van der Waals surface area contributed by atoms with E-state index in [1.54, 1.807) is 6.92 Å². The molecule has 6 nitrogen and oxygen atoms in total. The van der Waals surface area contributed by atoms with Crippen molar-refractivity contribution in [1.29, 1.82) is 0 Å². The molecule has 28 heavy (non-hydrogen) atoms. The van der Waals surface area contributed by atoms with Crippen LogP contribution in [0, 0.1) is 6.92 Å². The standard InChI is InChI=1S/C22H28N4O2/c1-4-28-12-11-26-20-13-18(17-7-5-15(2)6-8-17)9-10-19(20)25-21(26)14-24-16(3)22(23)27/h5-10,13,16,24H,4,11-12,14H2,1-3H3,(H2,23,27)/t16-/m0/s1. The van der Waals surface area contributed by atoms with E-state index in [1.807, 2.05) is 13.0 Å². The molecular weight excluding hydrogens is 352 g/mol. The minimum absolute atomic E-state index is 0.376. The molecular formula is C22H28N4O2. The summed E-state index contributed by atoms with van der Waals surface area (Å²) < 4.78 is 7.72. The Labute approximate surface area is 165 Å². The zero-order valence-electron chi connectivity index (χ0n) is 16.7. The Balaban J connectivity index is 1.96. The van der Waals surface area contributed by atoms with Crippen molar-refractivity contribution in [3.05, 3.63) is 53.9 Å². The normalized spacial score (nSPS) is 12.4. The number of imidazole rings is 1. The molecule has 3 N–H and O–H groups in total. The highest BCUT2D eigenvalue weighted by Gasteiger charge is 2.14. The molecule has 0 aliphatic rings. The number of aromatic nitrogens is 2. The maximum atomic E-state index is 11.3. The van der Waals surface area contributed by atoms with Gasteiger partial charge in [-0.2, -0.15) is 0 Å². The maximum Gasteiger partial charge on any atom is 0.234 e. The highest BCUT2D eigenvalue weighted by molar-refractivity contribution is 5.83. The van der Waals surface area contributed by atoms with Crippen LogP contribution in [0.5, 0.6) is 0 Å². The molecule has 0 unspecified atom stereocenters. The second-order valence-corrected chi connectivity index (χ2v) is 6.95. The molecule has 0 aliphatic heterocycles. The van der Waals surface area contributed by atoms with Crippen LogP contribution in [0.3, 0.4) is 0 Å². The number of nitrogens with one attached hydrogen (secondary N) is 1. The van der Waals surface area contributed by atoms with Crippen LogP contribution in [0.15, 0.2) is 42.5 Å². The number of hydrogen-bond acceptors (Lipinski definition) is 4. The molecule has 1 atom stereocenters. The Kier molecular flexibility index (Phi) is 6.44. The summed E-state index contributed by atoms with van der Waals surface area (Å²) in [6.07, 6.45) is 0. The fourth-order valence-corrected chi connectivity index (χ4v) is 3.13. The van der Waals surface area contributed by atoms with Gasteiger partial charge >= 0.3 is 0 Å². The molecule has 1 aromatic heterocycles. The fraction of sp³-hybridized carbons (Fsp3) is 0.364. The monoisotopic (exact) mass is 380 g/mol. The molecule has 148 valence electrons. The van der Waals surface area contributed by atoms with Gasteiger partial charge in [0.05, 0.1) is 30.2 Å². The van der Waals surface area contributed by atoms with Gasteiger partial charge in [-0.1, -0.05) is 35.9 Å². The molecule has 3 aromatic rings. The summed E-state index contributed by atoms with van der Waals surface area (Å²) in [7, 11) is 0. The second-order valence-electron chi connectivity index (χ2n) is 6.95. The highest BCUT2D eigenvalue weighted by Crippen LogP contribution is 2.25. The molecule has 0 saturated heterocycles. The van der Waals surface area contributed by atoms with Crippen LogP contribution in [0.2, 0.25) is 0 Å². The zero-order chi connectivity index (χ0) is 20.1. The van der Waals surface area contributed by atoms with Gasteiger partial charge in [0, 0.05) is 13.2 Å². The first-order valence-corrected chi connectivity index (χ1v) is 9.66. The summed E-state index contributed by atoms with van der Waals surface area (Å²) in [6.45, 7) is 8.27. The van der Waals surface area contributed by atoms with Crippen molar-refractivity contribution in [2.24, 2.45) is 5.73 Å². The van der Waals surface area contributed by atoms with Crippen molar-refractivity contribution in [3.63, 3.8) is 0 Å². The average Bonchev–Trinajstić information content (AvgIpc) is 3.03. The van der Waals surface area contributed by atoms with E-state index in [0.29, 0.717) is 26.3 Å². The van der Waals surface area contributed by atoms with Crippen LogP contribution in [0.1, 0.15) is 25.2 Å². The number of primary amides is 1. The summed E-state index contributed by atoms with van der Waals surface area (Å²) in [4.78, 5) is 16.1. The summed E-state index contributed by atoms with van der Waals surface area (Å²) in [5.41, 5.74) is 10.9. The molecule has 3 rings (SSSR count). The van der Waals surface area contributed by atoms with Crippen LogP contribution in [-0.2, 0) is 22.6 Å². The number of ether oxygens (including phenoxy) is 1. The van der Waals surface area contributed by atoms with Gasteiger partial charge < -0.3 is 15.0 Å². The molecule has 0 spiro atoms. The van der Waals surface area contributed by atoms with E-state index in [9.17, 15) is 4.79 Å². The van der Waals surface area contributed by atoms with Crippen molar-refractivity contribution in [2.45, 2.75) is 39.9 Å². The van der Waals surface area contributed by atoms with E-state index in [1.165, 1.54) is 11.1 Å². The predicted octanol–water partition coefficient (Wildman–Crippen LogP) is 3.01. The van der Waals surface area contributed by atoms with E-state index < -0.39 is 6.04 Å². The number of benzene rings is 2. The lowest BCUT2D eigenvalue weighted by atomic mass is 10.0. The third-order valence-corrected chi connectivity index (χ3v) is 4.87. The Morgan fingerprint density at radius 3 is 2.61 bits per heavy atom. The number of aryl methyl sites for hydroxylation is 1. The molecule has 0 saturated carbocycles. The first kappa shape index (κ1) is 20.0. The van der Waals surface area contributed by atoms with E-state index >= 15 is 0 Å². The van der Waals surface area contributed by atoms with Gasteiger partial charge in [-0.25, -0.2) is 4.98 Å². The van der Waals surface area contributed by atoms with E-state index in [2.05, 4.69) is 53.2 Å².